The molecule has 0 radical (unpaired) electrons. The number of hydrogen-bond donors (Lipinski definition) is 4. The summed E-state index contributed by atoms with van der Waals surface area (Å²) in [6.45, 7) is 1.16. The quantitative estimate of drug-likeness (QED) is 0.0859. The lowest BCUT2D eigenvalue weighted by Gasteiger charge is -2.08. The Bertz CT molecular complexity index is 1130. The summed E-state index contributed by atoms with van der Waals surface area (Å²) >= 11 is 5.77. The normalized spacial score (nSPS) is 11.5. The topological polar surface area (TPSA) is 133 Å². The largest absolute Gasteiger partial charge is 0.490 e. The van der Waals surface area contributed by atoms with Gasteiger partial charge in [-0.1, -0.05) is 52.2 Å². The number of aliphatic carboxylic acids is 1. The average molecular weight is 518 g/mol. The van der Waals surface area contributed by atoms with Gasteiger partial charge in [-0.3, -0.25) is 0 Å². The number of oxime groups is 1. The summed E-state index contributed by atoms with van der Waals surface area (Å²) in [5, 5.41) is 33.3. The number of aromatic nitrogens is 2. The molecule has 0 bridgehead atoms. The predicted molar refractivity (Wildman–Crippen MR) is 118 cm³/mol. The maximum atomic E-state index is 13.3. The van der Waals surface area contributed by atoms with Crippen LogP contribution in [0, 0.1) is 5.82 Å². The van der Waals surface area contributed by atoms with E-state index in [-0.39, 0.29) is 16.6 Å². The second kappa shape index (κ2) is 13.2. The number of halogens is 5. The summed E-state index contributed by atoms with van der Waals surface area (Å²) in [6.07, 6.45) is -3.16. The Kier molecular flexibility index (Phi) is 10.4. The van der Waals surface area contributed by atoms with Crippen LogP contribution in [0.4, 0.5) is 23.2 Å². The molecule has 0 saturated carbocycles. The van der Waals surface area contributed by atoms with Gasteiger partial charge in [-0.2, -0.15) is 13.2 Å². The number of carboxylic acids is 1. The Labute approximate surface area is 201 Å². The number of anilines is 1. The molecule has 0 aliphatic carbocycles. The summed E-state index contributed by atoms with van der Waals surface area (Å²) in [4.78, 5) is 8.90. The molecule has 2 aromatic carbocycles. The Morgan fingerprint density at radius 3 is 2.43 bits per heavy atom. The third kappa shape index (κ3) is 9.22. The summed E-state index contributed by atoms with van der Waals surface area (Å²) in [7, 11) is 0. The molecule has 4 N–H and O–H groups in total. The fourth-order valence-electron chi connectivity index (χ4n) is 2.61. The summed E-state index contributed by atoms with van der Waals surface area (Å²) in [5.74, 6) is -3.28. The van der Waals surface area contributed by atoms with Gasteiger partial charge in [-0.25, -0.2) is 13.8 Å². The molecule has 0 aliphatic heterocycles. The van der Waals surface area contributed by atoms with Gasteiger partial charge >= 0.3 is 12.1 Å². The molecule has 188 valence electrons. The first-order valence-electron chi connectivity index (χ1n) is 9.92. The highest BCUT2D eigenvalue weighted by Gasteiger charge is 2.38. The first-order valence-corrected chi connectivity index (χ1v) is 10.3. The first-order chi connectivity index (χ1) is 16.6. The Balaban J connectivity index is 0.000000540. The summed E-state index contributed by atoms with van der Waals surface area (Å²) in [6, 6.07) is 14.3. The molecule has 0 unspecified atom stereocenters. The van der Waals surface area contributed by atoms with Gasteiger partial charge in [-0.05, 0) is 48.3 Å². The zero-order chi connectivity index (χ0) is 25.8. The lowest BCUT2D eigenvalue weighted by atomic mass is 10.1. The van der Waals surface area contributed by atoms with Crippen LogP contribution in [0.25, 0.3) is 0 Å². The SMILES string of the molecule is O/N=C(/Nc1ccc(F)c(Cl)c1)c1nonc1CNCCCc1ccccc1.O=C(O)C(F)(F)F. The lowest BCUT2D eigenvalue weighted by molar-refractivity contribution is -0.192. The van der Waals surface area contributed by atoms with Crippen molar-refractivity contribution < 1.29 is 37.3 Å². The summed E-state index contributed by atoms with van der Waals surface area (Å²) < 4.78 is 49.8. The van der Waals surface area contributed by atoms with Crippen LogP contribution in [-0.4, -0.2) is 45.2 Å². The lowest BCUT2D eigenvalue weighted by Crippen LogP contribution is -2.21. The number of nitrogens with zero attached hydrogens (tertiary/aromatic N) is 3. The average Bonchev–Trinajstić information content (AvgIpc) is 3.28. The zero-order valence-electron chi connectivity index (χ0n) is 17.9. The molecule has 0 fully saturated rings. The van der Waals surface area contributed by atoms with Crippen LogP contribution >= 0.6 is 11.6 Å². The molecule has 9 nitrogen and oxygen atoms in total. The van der Waals surface area contributed by atoms with Crippen molar-refractivity contribution in [2.75, 3.05) is 11.9 Å². The van der Waals surface area contributed by atoms with E-state index in [0.29, 0.717) is 17.9 Å². The van der Waals surface area contributed by atoms with Gasteiger partial charge in [-0.15, -0.1) is 0 Å². The number of alkyl halides is 3. The molecule has 0 saturated heterocycles. The second-order valence-electron chi connectivity index (χ2n) is 6.83. The number of carboxylic acid groups (broad SMARTS) is 1. The molecule has 0 aliphatic rings. The predicted octanol–water partition coefficient (Wildman–Crippen LogP) is 4.47. The van der Waals surface area contributed by atoms with Crippen molar-refractivity contribution in [3.05, 3.63) is 76.3 Å². The Hall–Kier alpha value is -3.71. The number of carbonyl (C=O) groups is 1. The van der Waals surface area contributed by atoms with Crippen LogP contribution in [0.1, 0.15) is 23.4 Å². The van der Waals surface area contributed by atoms with Crippen molar-refractivity contribution in [2.45, 2.75) is 25.6 Å². The van der Waals surface area contributed by atoms with Gasteiger partial charge in [0.1, 0.15) is 11.5 Å². The van der Waals surface area contributed by atoms with E-state index in [1.54, 1.807) is 0 Å². The van der Waals surface area contributed by atoms with E-state index in [9.17, 15) is 22.8 Å². The maximum Gasteiger partial charge on any atom is 0.490 e. The minimum Gasteiger partial charge on any atom is -0.475 e. The van der Waals surface area contributed by atoms with Gasteiger partial charge in [0.15, 0.2) is 5.69 Å². The molecular formula is C21H20ClF4N5O4. The summed E-state index contributed by atoms with van der Waals surface area (Å²) in [5.41, 5.74) is 2.45. The van der Waals surface area contributed by atoms with E-state index in [1.807, 2.05) is 18.2 Å². The number of aryl methyl sites for hydroxylation is 1. The molecule has 1 heterocycles. The maximum absolute atomic E-state index is 13.3. The number of rotatable bonds is 8. The second-order valence-corrected chi connectivity index (χ2v) is 7.24. The van der Waals surface area contributed by atoms with Crippen LogP contribution in [0.5, 0.6) is 0 Å². The van der Waals surface area contributed by atoms with Crippen molar-refractivity contribution >= 4 is 29.1 Å². The number of amidine groups is 1. The van der Waals surface area contributed by atoms with Crippen molar-refractivity contribution in [3.63, 3.8) is 0 Å². The van der Waals surface area contributed by atoms with Gasteiger partial charge < -0.3 is 20.9 Å². The van der Waals surface area contributed by atoms with Crippen LogP contribution in [0.15, 0.2) is 58.3 Å². The Morgan fingerprint density at radius 2 is 1.83 bits per heavy atom. The molecule has 35 heavy (non-hydrogen) atoms. The first kappa shape index (κ1) is 27.5. The minimum atomic E-state index is -5.08. The molecule has 0 amide bonds. The van der Waals surface area contributed by atoms with E-state index < -0.39 is 18.0 Å². The monoisotopic (exact) mass is 517 g/mol. The Morgan fingerprint density at radius 1 is 1.14 bits per heavy atom. The molecule has 14 heteroatoms. The van der Waals surface area contributed by atoms with Gasteiger partial charge in [0, 0.05) is 12.2 Å². The van der Waals surface area contributed by atoms with Crippen LogP contribution < -0.4 is 10.6 Å². The fraction of sp³-hybridized carbons (Fsp3) is 0.238. The number of benzene rings is 2. The highest BCUT2D eigenvalue weighted by atomic mass is 35.5. The highest BCUT2D eigenvalue weighted by molar-refractivity contribution is 6.31. The van der Waals surface area contributed by atoms with E-state index >= 15 is 0 Å². The van der Waals surface area contributed by atoms with E-state index in [4.69, 9.17) is 26.1 Å². The third-order valence-electron chi connectivity index (χ3n) is 4.26. The molecule has 0 spiro atoms. The van der Waals surface area contributed by atoms with Crippen molar-refractivity contribution in [1.82, 2.24) is 15.6 Å². The van der Waals surface area contributed by atoms with Crippen molar-refractivity contribution in [3.8, 4) is 0 Å². The third-order valence-corrected chi connectivity index (χ3v) is 4.55. The van der Waals surface area contributed by atoms with E-state index in [1.165, 1.54) is 23.8 Å². The smallest absolute Gasteiger partial charge is 0.475 e. The van der Waals surface area contributed by atoms with Crippen LogP contribution in [0.3, 0.4) is 0 Å². The van der Waals surface area contributed by atoms with E-state index in [0.717, 1.165) is 19.4 Å². The molecule has 3 rings (SSSR count). The molecule has 3 aromatic rings. The molecule has 1 aromatic heterocycles. The number of nitrogens with one attached hydrogen (secondary N) is 2. The van der Waals surface area contributed by atoms with Crippen molar-refractivity contribution in [2.24, 2.45) is 5.16 Å². The standard InChI is InChI=1S/C19H19ClFN5O2.C2HF3O2/c20-15-11-14(8-9-16(15)21)23-19(24-27)18-17(25-28-26-18)12-22-10-4-7-13-5-2-1-3-6-13;3-2(4,5)1(6)7/h1-3,5-6,8-9,11,22,27H,4,7,10,12H2,(H,23,24);(H,6,7). The van der Waals surface area contributed by atoms with Gasteiger partial charge in [0.05, 0.1) is 5.02 Å². The highest BCUT2D eigenvalue weighted by Crippen LogP contribution is 2.20. The number of hydrogen-bond acceptors (Lipinski definition) is 7. The molecule has 0 atom stereocenters. The van der Waals surface area contributed by atoms with Crippen LogP contribution in [0.2, 0.25) is 5.02 Å². The zero-order valence-corrected chi connectivity index (χ0v) is 18.6. The van der Waals surface area contributed by atoms with Crippen molar-refractivity contribution in [1.29, 1.82) is 0 Å². The fourth-order valence-corrected chi connectivity index (χ4v) is 2.79. The van der Waals surface area contributed by atoms with Crippen LogP contribution in [-0.2, 0) is 17.8 Å². The molecular weight excluding hydrogens is 498 g/mol. The van der Waals surface area contributed by atoms with Gasteiger partial charge in [0.2, 0.25) is 5.84 Å². The minimum absolute atomic E-state index is 0.0185. The van der Waals surface area contributed by atoms with E-state index in [2.05, 4.69) is 38.2 Å². The van der Waals surface area contributed by atoms with Gasteiger partial charge in [0.25, 0.3) is 0 Å².